The van der Waals surface area contributed by atoms with Gasteiger partial charge in [0.15, 0.2) is 12.1 Å². The second kappa shape index (κ2) is 9.61. The van der Waals surface area contributed by atoms with Gasteiger partial charge < -0.3 is 23.7 Å². The van der Waals surface area contributed by atoms with Crippen molar-refractivity contribution in [2.45, 2.75) is 68.0 Å². The van der Waals surface area contributed by atoms with E-state index in [9.17, 15) is 0 Å². The highest BCUT2D eigenvalue weighted by molar-refractivity contribution is 8.17. The van der Waals surface area contributed by atoms with Crippen molar-refractivity contribution in [1.82, 2.24) is 0 Å². The molecule has 3 heterocycles. The van der Waals surface area contributed by atoms with Gasteiger partial charge in [0.1, 0.15) is 31.0 Å². The minimum Gasteiger partial charge on any atom is -0.368 e. The molecule has 3 saturated heterocycles. The van der Waals surface area contributed by atoms with Crippen LogP contribution in [0.15, 0.2) is 30.3 Å². The first-order chi connectivity index (χ1) is 14.1. The van der Waals surface area contributed by atoms with E-state index in [1.807, 2.05) is 55.6 Å². The van der Waals surface area contributed by atoms with Crippen LogP contribution in [-0.4, -0.2) is 59.2 Å². The molecule has 1 aromatic carbocycles. The van der Waals surface area contributed by atoms with Crippen molar-refractivity contribution in [1.29, 1.82) is 0 Å². The molecule has 1 aromatic rings. The van der Waals surface area contributed by atoms with Crippen molar-refractivity contribution in [3.8, 4) is 12.3 Å². The predicted octanol–water partition coefficient (Wildman–Crippen LogP) is 3.66. The van der Waals surface area contributed by atoms with Gasteiger partial charge in [-0.1, -0.05) is 36.3 Å². The fourth-order valence-corrected chi connectivity index (χ4v) is 6.97. The zero-order chi connectivity index (χ0) is 20.3. The van der Waals surface area contributed by atoms with Crippen LogP contribution in [0, 0.1) is 12.3 Å². The van der Waals surface area contributed by atoms with Gasteiger partial charge in [0.25, 0.3) is 0 Å². The average molecular weight is 437 g/mol. The summed E-state index contributed by atoms with van der Waals surface area (Å²) in [5.41, 5.74) is 1.11. The standard InChI is InChI=1S/C22H28O5S2/c1-4-11-23-19(21-28-12-8-13-29-21)17-16(24-14-15-9-6-5-7-10-15)18-20(25-17)27-22(2,3)26-18/h1,5-7,9-10,16-21H,8,11-14H2,2-3H3/t16-,17-,18+,19?,20+/m0/s1. The molecule has 0 saturated carbocycles. The zero-order valence-electron chi connectivity index (χ0n) is 16.8. The second-order valence-electron chi connectivity index (χ2n) is 7.77. The van der Waals surface area contributed by atoms with Crippen LogP contribution >= 0.6 is 23.5 Å². The van der Waals surface area contributed by atoms with Crippen LogP contribution < -0.4 is 0 Å². The van der Waals surface area contributed by atoms with Gasteiger partial charge in [-0.3, -0.25) is 0 Å². The highest BCUT2D eigenvalue weighted by Gasteiger charge is 2.58. The molecule has 0 aliphatic carbocycles. The number of hydrogen-bond donors (Lipinski definition) is 0. The third-order valence-electron chi connectivity index (χ3n) is 5.12. The molecule has 0 radical (unpaired) electrons. The molecule has 29 heavy (non-hydrogen) atoms. The van der Waals surface area contributed by atoms with Crippen molar-refractivity contribution >= 4 is 23.5 Å². The van der Waals surface area contributed by atoms with E-state index in [0.29, 0.717) is 6.61 Å². The maximum atomic E-state index is 6.38. The fraction of sp³-hybridized carbons (Fsp3) is 0.636. The summed E-state index contributed by atoms with van der Waals surface area (Å²) in [5.74, 6) is 4.13. The third-order valence-corrected chi connectivity index (χ3v) is 8.18. The molecule has 158 valence electrons. The lowest BCUT2D eigenvalue weighted by atomic mass is 10.1. The SMILES string of the molecule is C#CCOC(C1SCCCS1)[C@H]1O[C@@H]2OC(C)(C)O[C@@H]2[C@H]1OCc1ccccc1. The lowest BCUT2D eigenvalue weighted by Gasteiger charge is -2.35. The quantitative estimate of drug-likeness (QED) is 0.605. The van der Waals surface area contributed by atoms with Crippen LogP contribution in [0.25, 0.3) is 0 Å². The first kappa shape index (κ1) is 21.5. The van der Waals surface area contributed by atoms with Gasteiger partial charge in [-0.25, -0.2) is 0 Å². The summed E-state index contributed by atoms with van der Waals surface area (Å²) < 4.78 is 31.2. The first-order valence-electron chi connectivity index (χ1n) is 10.0. The van der Waals surface area contributed by atoms with Crippen molar-refractivity contribution in [2.75, 3.05) is 18.1 Å². The van der Waals surface area contributed by atoms with Crippen molar-refractivity contribution < 1.29 is 23.7 Å². The van der Waals surface area contributed by atoms with E-state index in [4.69, 9.17) is 30.1 Å². The van der Waals surface area contributed by atoms with E-state index in [1.165, 1.54) is 6.42 Å². The molecule has 1 unspecified atom stereocenters. The largest absolute Gasteiger partial charge is 0.368 e. The van der Waals surface area contributed by atoms with E-state index in [1.54, 1.807) is 0 Å². The van der Waals surface area contributed by atoms with E-state index in [0.717, 1.165) is 17.1 Å². The van der Waals surface area contributed by atoms with Gasteiger partial charge in [-0.15, -0.1) is 29.9 Å². The maximum absolute atomic E-state index is 6.38. The molecule has 0 aromatic heterocycles. The molecule has 5 atom stereocenters. The number of fused-ring (bicyclic) bond motifs is 1. The fourth-order valence-electron chi connectivity index (χ4n) is 3.89. The molecule has 0 bridgehead atoms. The van der Waals surface area contributed by atoms with Crippen LogP contribution in [0.4, 0.5) is 0 Å². The topological polar surface area (TPSA) is 46.2 Å². The molecule has 3 fully saturated rings. The lowest BCUT2D eigenvalue weighted by molar-refractivity contribution is -0.231. The molecule has 4 rings (SSSR count). The molecule has 5 nitrogen and oxygen atoms in total. The Hall–Kier alpha value is -0.720. The predicted molar refractivity (Wildman–Crippen MR) is 116 cm³/mol. The minimum absolute atomic E-state index is 0.192. The van der Waals surface area contributed by atoms with Gasteiger partial charge in [0, 0.05) is 0 Å². The first-order valence-corrected chi connectivity index (χ1v) is 12.1. The van der Waals surface area contributed by atoms with E-state index in [-0.39, 0.29) is 35.6 Å². The number of rotatable bonds is 7. The van der Waals surface area contributed by atoms with E-state index < -0.39 is 12.1 Å². The van der Waals surface area contributed by atoms with Crippen LogP contribution in [0.2, 0.25) is 0 Å². The Morgan fingerprint density at radius 3 is 2.69 bits per heavy atom. The summed E-state index contributed by atoms with van der Waals surface area (Å²) in [5, 5.41) is 0. The monoisotopic (exact) mass is 436 g/mol. The average Bonchev–Trinajstić information content (AvgIpc) is 3.20. The number of thioether (sulfide) groups is 2. The summed E-state index contributed by atoms with van der Waals surface area (Å²) in [6, 6.07) is 10.1. The zero-order valence-corrected chi connectivity index (χ0v) is 18.5. The third kappa shape index (κ3) is 5.13. The van der Waals surface area contributed by atoms with Gasteiger partial charge in [-0.05, 0) is 37.3 Å². The van der Waals surface area contributed by atoms with Crippen LogP contribution in [-0.2, 0) is 30.3 Å². The summed E-state index contributed by atoms with van der Waals surface area (Å²) in [6.07, 6.45) is 5.14. The summed E-state index contributed by atoms with van der Waals surface area (Å²) in [6.45, 7) is 4.52. The highest BCUT2D eigenvalue weighted by atomic mass is 32.2. The Bertz CT molecular complexity index is 701. The molecule has 0 N–H and O–H groups in total. The highest BCUT2D eigenvalue weighted by Crippen LogP contribution is 2.44. The Morgan fingerprint density at radius 1 is 1.21 bits per heavy atom. The summed E-state index contributed by atoms with van der Waals surface area (Å²) in [7, 11) is 0. The maximum Gasteiger partial charge on any atom is 0.190 e. The molecule has 7 heteroatoms. The molecule has 0 spiro atoms. The smallest absolute Gasteiger partial charge is 0.190 e. The number of ether oxygens (including phenoxy) is 5. The number of terminal acetylenes is 1. The van der Waals surface area contributed by atoms with Crippen molar-refractivity contribution in [3.63, 3.8) is 0 Å². The Balaban J connectivity index is 1.54. The summed E-state index contributed by atoms with van der Waals surface area (Å²) >= 11 is 3.81. The molecule has 3 aliphatic rings. The Kier molecular flexibility index (Phi) is 7.13. The van der Waals surface area contributed by atoms with E-state index in [2.05, 4.69) is 18.1 Å². The van der Waals surface area contributed by atoms with Gasteiger partial charge >= 0.3 is 0 Å². The second-order valence-corrected chi connectivity index (χ2v) is 10.6. The Morgan fingerprint density at radius 2 is 1.97 bits per heavy atom. The lowest BCUT2D eigenvalue weighted by Crippen LogP contribution is -2.47. The van der Waals surface area contributed by atoms with Gasteiger partial charge in [-0.2, -0.15) is 0 Å². The molecular weight excluding hydrogens is 408 g/mol. The van der Waals surface area contributed by atoms with Crippen LogP contribution in [0.1, 0.15) is 25.8 Å². The van der Waals surface area contributed by atoms with Crippen molar-refractivity contribution in [3.05, 3.63) is 35.9 Å². The van der Waals surface area contributed by atoms with Gasteiger partial charge in [0.05, 0.1) is 11.2 Å². The van der Waals surface area contributed by atoms with Crippen molar-refractivity contribution in [2.24, 2.45) is 0 Å². The summed E-state index contributed by atoms with van der Waals surface area (Å²) in [4.78, 5) is 0. The van der Waals surface area contributed by atoms with Gasteiger partial charge in [0.2, 0.25) is 0 Å². The van der Waals surface area contributed by atoms with Crippen LogP contribution in [0.3, 0.4) is 0 Å². The normalized spacial score (nSPS) is 32.6. The molecule has 3 aliphatic heterocycles. The minimum atomic E-state index is -0.696. The molecule has 0 amide bonds. The molecular formula is C22H28O5S2. The van der Waals surface area contributed by atoms with Crippen LogP contribution in [0.5, 0.6) is 0 Å². The number of benzene rings is 1. The number of hydrogen-bond acceptors (Lipinski definition) is 7. The van der Waals surface area contributed by atoms with E-state index >= 15 is 0 Å². The Labute approximate surface area is 181 Å².